The Bertz CT molecular complexity index is 1490. The number of carbonyl (C=O) groups is 1. The normalized spacial score (nSPS) is 13.7. The van der Waals surface area contributed by atoms with E-state index in [1.54, 1.807) is 53.9 Å². The van der Waals surface area contributed by atoms with Crippen LogP contribution in [0.4, 0.5) is 11.4 Å². The van der Waals surface area contributed by atoms with Gasteiger partial charge < -0.3 is 9.73 Å². The van der Waals surface area contributed by atoms with E-state index in [1.165, 1.54) is 21.7 Å². The molecule has 0 saturated carbocycles. The number of aryl methyl sites for hydroxylation is 1. The fourth-order valence-electron chi connectivity index (χ4n) is 3.81. The van der Waals surface area contributed by atoms with Crippen LogP contribution in [0.25, 0.3) is 11.0 Å². The third kappa shape index (κ3) is 3.59. The number of rotatable bonds is 4. The Hall–Kier alpha value is -3.43. The van der Waals surface area contributed by atoms with E-state index in [9.17, 15) is 18.0 Å². The second kappa shape index (κ2) is 7.92. The Balaban J connectivity index is 1.48. The van der Waals surface area contributed by atoms with Gasteiger partial charge in [0.2, 0.25) is 0 Å². The van der Waals surface area contributed by atoms with Crippen LogP contribution in [-0.4, -0.2) is 20.9 Å². The zero-order chi connectivity index (χ0) is 22.3. The van der Waals surface area contributed by atoms with Gasteiger partial charge in [-0.25, -0.2) is 13.2 Å². The van der Waals surface area contributed by atoms with Crippen LogP contribution in [0.2, 0.25) is 0 Å². The van der Waals surface area contributed by atoms with Gasteiger partial charge in [-0.1, -0.05) is 30.3 Å². The highest BCUT2D eigenvalue weighted by atomic mass is 32.2. The lowest BCUT2D eigenvalue weighted by Gasteiger charge is -2.30. The molecular weight excluding hydrogens is 448 g/mol. The number of hydrogen-bond acceptors (Lipinski definition) is 6. The molecule has 0 bridgehead atoms. The first-order valence-corrected chi connectivity index (χ1v) is 12.3. The van der Waals surface area contributed by atoms with Crippen LogP contribution in [0.5, 0.6) is 0 Å². The van der Waals surface area contributed by atoms with Gasteiger partial charge >= 0.3 is 5.63 Å². The molecule has 0 saturated heterocycles. The SMILES string of the molecule is O=C(Nc1ccc2c(c1)N(S(=O)(=O)c1cccs1)CCC2)c1cc2ccccc2oc1=O. The van der Waals surface area contributed by atoms with E-state index in [0.29, 0.717) is 35.3 Å². The van der Waals surface area contributed by atoms with Gasteiger partial charge in [0.1, 0.15) is 15.4 Å². The van der Waals surface area contributed by atoms with Gasteiger partial charge in [0.25, 0.3) is 15.9 Å². The summed E-state index contributed by atoms with van der Waals surface area (Å²) in [5.41, 5.74) is 1.37. The quantitative estimate of drug-likeness (QED) is 0.454. The van der Waals surface area contributed by atoms with Crippen molar-refractivity contribution in [3.05, 3.63) is 87.6 Å². The topological polar surface area (TPSA) is 96.7 Å². The Morgan fingerprint density at radius 2 is 1.91 bits per heavy atom. The lowest BCUT2D eigenvalue weighted by atomic mass is 10.0. The van der Waals surface area contributed by atoms with Crippen molar-refractivity contribution in [2.45, 2.75) is 17.1 Å². The summed E-state index contributed by atoms with van der Waals surface area (Å²) in [7, 11) is -3.69. The number of carbonyl (C=O) groups excluding carboxylic acids is 1. The predicted octanol–water partition coefficient (Wildman–Crippen LogP) is 4.25. The van der Waals surface area contributed by atoms with Gasteiger partial charge in [0.15, 0.2) is 0 Å². The van der Waals surface area contributed by atoms with E-state index in [0.717, 1.165) is 12.0 Å². The first kappa shape index (κ1) is 20.5. The molecule has 0 unspecified atom stereocenters. The molecular formula is C23H18N2O5S2. The van der Waals surface area contributed by atoms with E-state index >= 15 is 0 Å². The van der Waals surface area contributed by atoms with Gasteiger partial charge in [0, 0.05) is 17.6 Å². The molecule has 0 radical (unpaired) electrons. The summed E-state index contributed by atoms with van der Waals surface area (Å²) >= 11 is 1.17. The van der Waals surface area contributed by atoms with Gasteiger partial charge in [0.05, 0.1) is 5.69 Å². The number of para-hydroxylation sites is 1. The minimum absolute atomic E-state index is 0.121. The first-order chi connectivity index (χ1) is 15.4. The molecule has 1 amide bonds. The van der Waals surface area contributed by atoms with E-state index in [1.807, 2.05) is 6.07 Å². The van der Waals surface area contributed by atoms with Crippen LogP contribution in [0.1, 0.15) is 22.3 Å². The number of thiophene rings is 1. The molecule has 162 valence electrons. The maximum Gasteiger partial charge on any atom is 0.349 e. The van der Waals surface area contributed by atoms with Crippen LogP contribution >= 0.6 is 11.3 Å². The molecule has 1 N–H and O–H groups in total. The minimum atomic E-state index is -3.69. The second-order valence-electron chi connectivity index (χ2n) is 7.40. The molecule has 0 atom stereocenters. The van der Waals surface area contributed by atoms with E-state index < -0.39 is 21.6 Å². The Morgan fingerprint density at radius 3 is 2.72 bits per heavy atom. The lowest BCUT2D eigenvalue weighted by molar-refractivity contribution is 0.102. The predicted molar refractivity (Wildman–Crippen MR) is 124 cm³/mol. The highest BCUT2D eigenvalue weighted by Gasteiger charge is 2.30. The number of hydrogen-bond donors (Lipinski definition) is 1. The molecule has 3 heterocycles. The van der Waals surface area contributed by atoms with Crippen LogP contribution in [0.3, 0.4) is 0 Å². The fraction of sp³-hybridized carbons (Fsp3) is 0.130. The lowest BCUT2D eigenvalue weighted by Crippen LogP contribution is -2.35. The molecule has 0 aliphatic carbocycles. The molecule has 0 spiro atoms. The number of fused-ring (bicyclic) bond motifs is 2. The van der Waals surface area contributed by atoms with Crippen molar-refractivity contribution in [2.75, 3.05) is 16.2 Å². The van der Waals surface area contributed by atoms with Crippen LogP contribution < -0.4 is 15.2 Å². The van der Waals surface area contributed by atoms with Crippen molar-refractivity contribution in [1.29, 1.82) is 0 Å². The number of anilines is 2. The Labute approximate surface area is 188 Å². The van der Waals surface area contributed by atoms with Crippen molar-refractivity contribution in [3.63, 3.8) is 0 Å². The van der Waals surface area contributed by atoms with Gasteiger partial charge in [-0.3, -0.25) is 9.10 Å². The maximum absolute atomic E-state index is 13.1. The summed E-state index contributed by atoms with van der Waals surface area (Å²) in [6.07, 6.45) is 1.45. The Morgan fingerprint density at radius 1 is 1.06 bits per heavy atom. The molecule has 2 aromatic carbocycles. The van der Waals surface area contributed by atoms with Crippen molar-refractivity contribution in [3.8, 4) is 0 Å². The first-order valence-electron chi connectivity index (χ1n) is 9.97. The smallest absolute Gasteiger partial charge is 0.349 e. The summed E-state index contributed by atoms with van der Waals surface area (Å²) in [4.78, 5) is 25.1. The second-order valence-corrected chi connectivity index (χ2v) is 10.4. The number of nitrogens with one attached hydrogen (secondary N) is 1. The van der Waals surface area contributed by atoms with E-state index in [2.05, 4.69) is 5.32 Å². The fourth-order valence-corrected chi connectivity index (χ4v) is 6.44. The third-order valence-corrected chi connectivity index (χ3v) is 8.53. The van der Waals surface area contributed by atoms with Crippen molar-refractivity contribution in [2.24, 2.45) is 0 Å². The molecule has 1 aliphatic rings. The van der Waals surface area contributed by atoms with Crippen molar-refractivity contribution < 1.29 is 17.6 Å². The average Bonchev–Trinajstić information content (AvgIpc) is 3.34. The van der Waals surface area contributed by atoms with Gasteiger partial charge in [-0.2, -0.15) is 0 Å². The highest BCUT2D eigenvalue weighted by molar-refractivity contribution is 7.94. The monoisotopic (exact) mass is 466 g/mol. The molecule has 7 nitrogen and oxygen atoms in total. The van der Waals surface area contributed by atoms with E-state index in [4.69, 9.17) is 4.42 Å². The van der Waals surface area contributed by atoms with Crippen LogP contribution in [0, 0.1) is 0 Å². The van der Waals surface area contributed by atoms with Crippen LogP contribution in [0.15, 0.2) is 79.5 Å². The van der Waals surface area contributed by atoms with Crippen molar-refractivity contribution in [1.82, 2.24) is 0 Å². The molecule has 5 rings (SSSR count). The van der Waals surface area contributed by atoms with Crippen molar-refractivity contribution >= 4 is 49.6 Å². The molecule has 32 heavy (non-hydrogen) atoms. The van der Waals surface area contributed by atoms with Gasteiger partial charge in [-0.05, 0) is 54.1 Å². The summed E-state index contributed by atoms with van der Waals surface area (Å²) < 4.78 is 33.2. The highest BCUT2D eigenvalue weighted by Crippen LogP contribution is 2.35. The van der Waals surface area contributed by atoms with E-state index in [-0.39, 0.29) is 9.77 Å². The maximum atomic E-state index is 13.1. The number of amides is 1. The standard InChI is InChI=1S/C23H18N2O5S2/c26-22(18-13-16-5-1-2-7-20(16)30-23(18)27)24-17-10-9-15-6-3-11-25(19(15)14-17)32(28,29)21-8-4-12-31-21/h1-2,4-5,7-10,12-14H,3,6,11H2,(H,24,26). The molecule has 0 fully saturated rings. The molecule has 4 aromatic rings. The molecule has 9 heteroatoms. The summed E-state index contributed by atoms with van der Waals surface area (Å²) in [6.45, 7) is 0.360. The summed E-state index contributed by atoms with van der Waals surface area (Å²) in [6, 6.07) is 16.9. The number of nitrogens with zero attached hydrogens (tertiary/aromatic N) is 1. The average molecular weight is 467 g/mol. The summed E-state index contributed by atoms with van der Waals surface area (Å²) in [5.74, 6) is -0.618. The van der Waals surface area contributed by atoms with Crippen LogP contribution in [-0.2, 0) is 16.4 Å². The molecule has 2 aromatic heterocycles. The third-order valence-electron chi connectivity index (χ3n) is 5.34. The minimum Gasteiger partial charge on any atom is -0.422 e. The zero-order valence-corrected chi connectivity index (χ0v) is 18.4. The zero-order valence-electron chi connectivity index (χ0n) is 16.8. The van der Waals surface area contributed by atoms with Gasteiger partial charge in [-0.15, -0.1) is 11.3 Å². The summed E-state index contributed by atoms with van der Waals surface area (Å²) in [5, 5.41) is 5.06. The Kier molecular flexibility index (Phi) is 5.07. The number of benzene rings is 2. The number of sulfonamides is 1. The molecule has 1 aliphatic heterocycles. The largest absolute Gasteiger partial charge is 0.422 e.